The van der Waals surface area contributed by atoms with Crippen LogP contribution in [-0.2, 0) is 10.5 Å². The highest BCUT2D eigenvalue weighted by atomic mass is 32.2. The second-order valence-electron chi connectivity index (χ2n) is 5.38. The van der Waals surface area contributed by atoms with Gasteiger partial charge in [0.15, 0.2) is 0 Å². The summed E-state index contributed by atoms with van der Waals surface area (Å²) >= 11 is 1.51. The largest absolute Gasteiger partial charge is 0.383 e. The number of hydrogen-bond donors (Lipinski definition) is 2. The molecule has 0 unspecified atom stereocenters. The van der Waals surface area contributed by atoms with Crippen LogP contribution in [0.3, 0.4) is 0 Å². The Morgan fingerprint density at radius 3 is 2.42 bits per heavy atom. The van der Waals surface area contributed by atoms with Gasteiger partial charge in [0, 0.05) is 36.7 Å². The van der Waals surface area contributed by atoms with E-state index in [0.717, 1.165) is 11.3 Å². The molecule has 2 aromatic rings. The van der Waals surface area contributed by atoms with E-state index in [1.54, 1.807) is 24.3 Å². The lowest BCUT2D eigenvalue weighted by molar-refractivity contribution is -0.384. The van der Waals surface area contributed by atoms with Crippen molar-refractivity contribution in [2.24, 2.45) is 0 Å². The molecule has 2 N–H and O–H groups in total. The molecule has 134 valence electrons. The second kappa shape index (κ2) is 10.1. The average Bonchev–Trinajstić information content (AvgIpc) is 2.66. The van der Waals surface area contributed by atoms with Gasteiger partial charge < -0.3 is 10.6 Å². The number of amides is 1. The molecule has 0 saturated heterocycles. The smallest absolute Gasteiger partial charge is 0.269 e. The Kier molecular flexibility index (Phi) is 7.46. The van der Waals surface area contributed by atoms with Crippen molar-refractivity contribution in [3.05, 3.63) is 69.8 Å². The monoisotopic (exact) mass is 370 g/mol. The fraction of sp³-hybridized carbons (Fsp3) is 0.222. The summed E-state index contributed by atoms with van der Waals surface area (Å²) in [6.45, 7) is 0.997. The molecule has 26 heavy (non-hydrogen) atoms. The Morgan fingerprint density at radius 1 is 1.12 bits per heavy atom. The van der Waals surface area contributed by atoms with Crippen LogP contribution in [0, 0.1) is 21.4 Å². The van der Waals surface area contributed by atoms with Crippen molar-refractivity contribution in [1.29, 1.82) is 5.26 Å². The van der Waals surface area contributed by atoms with Gasteiger partial charge in [-0.25, -0.2) is 0 Å². The maximum absolute atomic E-state index is 11.8. The van der Waals surface area contributed by atoms with Crippen LogP contribution in [0.5, 0.6) is 0 Å². The second-order valence-corrected chi connectivity index (χ2v) is 6.37. The van der Waals surface area contributed by atoms with Crippen LogP contribution in [0.1, 0.15) is 11.1 Å². The fourth-order valence-electron chi connectivity index (χ4n) is 2.10. The van der Waals surface area contributed by atoms with Gasteiger partial charge in [0.2, 0.25) is 5.91 Å². The average molecular weight is 370 g/mol. The number of nitro benzene ring substituents is 1. The molecule has 0 spiro atoms. The number of carbonyl (C=O) groups is 1. The minimum Gasteiger partial charge on any atom is -0.383 e. The third-order valence-corrected chi connectivity index (χ3v) is 4.44. The van der Waals surface area contributed by atoms with E-state index in [9.17, 15) is 14.9 Å². The number of anilines is 1. The molecular formula is C18H18N4O3S. The van der Waals surface area contributed by atoms with Gasteiger partial charge in [0.1, 0.15) is 0 Å². The summed E-state index contributed by atoms with van der Waals surface area (Å²) in [5, 5.41) is 25.2. The Morgan fingerprint density at radius 2 is 1.81 bits per heavy atom. The number of nitriles is 1. The normalized spacial score (nSPS) is 9.96. The van der Waals surface area contributed by atoms with Crippen LogP contribution in [-0.4, -0.2) is 29.7 Å². The Bertz CT molecular complexity index is 786. The molecule has 1 amide bonds. The zero-order chi connectivity index (χ0) is 18.8. The molecule has 8 heteroatoms. The van der Waals surface area contributed by atoms with Crippen molar-refractivity contribution >= 4 is 29.0 Å². The topological polar surface area (TPSA) is 108 Å². The summed E-state index contributed by atoms with van der Waals surface area (Å²) in [6, 6.07) is 15.5. The molecule has 0 aliphatic heterocycles. The number of nitrogens with zero attached hydrogens (tertiary/aromatic N) is 2. The molecule has 7 nitrogen and oxygen atoms in total. The van der Waals surface area contributed by atoms with Crippen LogP contribution in [0.15, 0.2) is 48.5 Å². The standard InChI is InChI=1S/C18H18N4O3S/c19-11-14-1-3-15(4-2-14)12-26-13-18(23)21-10-9-20-16-5-7-17(8-6-16)22(24)25/h1-8,20H,9-10,12-13H2,(H,21,23). The first-order valence-corrected chi connectivity index (χ1v) is 9.06. The lowest BCUT2D eigenvalue weighted by atomic mass is 10.2. The summed E-state index contributed by atoms with van der Waals surface area (Å²) in [7, 11) is 0. The van der Waals surface area contributed by atoms with Gasteiger partial charge in [-0.1, -0.05) is 12.1 Å². The Labute approximate surface area is 155 Å². The van der Waals surface area contributed by atoms with Crippen LogP contribution in [0.2, 0.25) is 0 Å². The van der Waals surface area contributed by atoms with Crippen molar-refractivity contribution in [1.82, 2.24) is 5.32 Å². The first-order valence-electron chi connectivity index (χ1n) is 7.90. The van der Waals surface area contributed by atoms with Crippen molar-refractivity contribution in [2.75, 3.05) is 24.2 Å². The first kappa shape index (κ1) is 19.3. The Hall–Kier alpha value is -3.05. The molecule has 0 fully saturated rings. The number of nitro groups is 1. The van der Waals surface area contributed by atoms with Gasteiger partial charge in [-0.3, -0.25) is 14.9 Å². The summed E-state index contributed by atoms with van der Waals surface area (Å²) in [5.74, 6) is 1.02. The molecule has 0 saturated carbocycles. The SMILES string of the molecule is N#Cc1ccc(CSCC(=O)NCCNc2ccc([N+](=O)[O-])cc2)cc1. The number of thioether (sulfide) groups is 1. The fourth-order valence-corrected chi connectivity index (χ4v) is 2.92. The quantitative estimate of drug-likeness (QED) is 0.399. The minimum absolute atomic E-state index is 0.0446. The molecule has 0 atom stereocenters. The van der Waals surface area contributed by atoms with Crippen molar-refractivity contribution in [2.45, 2.75) is 5.75 Å². The molecule has 2 aromatic carbocycles. The number of carbonyl (C=O) groups excluding carboxylic acids is 1. The van der Waals surface area contributed by atoms with Crippen molar-refractivity contribution in [3.8, 4) is 6.07 Å². The lowest BCUT2D eigenvalue weighted by Crippen LogP contribution is -2.30. The van der Waals surface area contributed by atoms with Gasteiger partial charge in [0.05, 0.1) is 22.3 Å². The van der Waals surface area contributed by atoms with Crippen molar-refractivity contribution in [3.63, 3.8) is 0 Å². The molecule has 0 radical (unpaired) electrons. The highest BCUT2D eigenvalue weighted by molar-refractivity contribution is 7.99. The van der Waals surface area contributed by atoms with E-state index in [1.165, 1.54) is 23.9 Å². The third-order valence-electron chi connectivity index (χ3n) is 3.44. The van der Waals surface area contributed by atoms with E-state index in [-0.39, 0.29) is 11.6 Å². The van der Waals surface area contributed by atoms with E-state index < -0.39 is 4.92 Å². The highest BCUT2D eigenvalue weighted by Gasteiger charge is 2.04. The van der Waals surface area contributed by atoms with Crippen LogP contribution >= 0.6 is 11.8 Å². The molecule has 0 aliphatic carbocycles. The van der Waals surface area contributed by atoms with Gasteiger partial charge in [-0.2, -0.15) is 5.26 Å². The Balaban J connectivity index is 1.59. The number of non-ortho nitro benzene ring substituents is 1. The highest BCUT2D eigenvalue weighted by Crippen LogP contribution is 2.15. The van der Waals surface area contributed by atoms with Crippen LogP contribution in [0.25, 0.3) is 0 Å². The summed E-state index contributed by atoms with van der Waals surface area (Å²) in [6.07, 6.45) is 0. The van der Waals surface area contributed by atoms with E-state index in [0.29, 0.717) is 30.2 Å². The van der Waals surface area contributed by atoms with Gasteiger partial charge in [0.25, 0.3) is 5.69 Å². The maximum Gasteiger partial charge on any atom is 0.269 e. The summed E-state index contributed by atoms with van der Waals surface area (Å²) in [4.78, 5) is 21.9. The van der Waals surface area contributed by atoms with Crippen molar-refractivity contribution < 1.29 is 9.72 Å². The van der Waals surface area contributed by atoms with E-state index in [2.05, 4.69) is 16.7 Å². The van der Waals surface area contributed by atoms with E-state index in [4.69, 9.17) is 5.26 Å². The molecule has 0 heterocycles. The maximum atomic E-state index is 11.8. The van der Waals surface area contributed by atoms with Gasteiger partial charge in [-0.05, 0) is 29.8 Å². The number of rotatable bonds is 9. The zero-order valence-electron chi connectivity index (χ0n) is 14.0. The number of hydrogen-bond acceptors (Lipinski definition) is 6. The van der Waals surface area contributed by atoms with Crippen LogP contribution in [0.4, 0.5) is 11.4 Å². The number of nitrogens with one attached hydrogen (secondary N) is 2. The predicted octanol–water partition coefficient (Wildman–Crippen LogP) is 2.93. The molecule has 0 bridgehead atoms. The zero-order valence-corrected chi connectivity index (χ0v) is 14.8. The van der Waals surface area contributed by atoms with E-state index >= 15 is 0 Å². The van der Waals surface area contributed by atoms with Gasteiger partial charge >= 0.3 is 0 Å². The summed E-state index contributed by atoms with van der Waals surface area (Å²) in [5.41, 5.74) is 2.50. The minimum atomic E-state index is -0.445. The molecule has 0 aromatic heterocycles. The first-order chi connectivity index (χ1) is 12.6. The van der Waals surface area contributed by atoms with Gasteiger partial charge in [-0.15, -0.1) is 11.8 Å². The number of benzene rings is 2. The molecule has 0 aliphatic rings. The predicted molar refractivity (Wildman–Crippen MR) is 102 cm³/mol. The third kappa shape index (κ3) is 6.45. The molecule has 2 rings (SSSR count). The summed E-state index contributed by atoms with van der Waals surface area (Å²) < 4.78 is 0. The van der Waals surface area contributed by atoms with Crippen LogP contribution < -0.4 is 10.6 Å². The lowest BCUT2D eigenvalue weighted by Gasteiger charge is -2.08. The van der Waals surface area contributed by atoms with E-state index in [1.807, 2.05) is 12.1 Å². The molecular weight excluding hydrogens is 352 g/mol.